The van der Waals surface area contributed by atoms with E-state index in [0.717, 1.165) is 28.4 Å². The molecular weight excluding hydrogens is 324 g/mol. The number of benzene rings is 2. The summed E-state index contributed by atoms with van der Waals surface area (Å²) < 4.78 is 5.42. The molecule has 5 heteroatoms. The lowest BCUT2D eigenvalue weighted by molar-refractivity contribution is 0.410. The van der Waals surface area contributed by atoms with Gasteiger partial charge in [-0.25, -0.2) is 4.98 Å². The molecule has 1 aromatic heterocycles. The van der Waals surface area contributed by atoms with E-state index in [9.17, 15) is 0 Å². The van der Waals surface area contributed by atoms with Gasteiger partial charge in [0, 0.05) is 29.8 Å². The third-order valence-electron chi connectivity index (χ3n) is 4.35. The van der Waals surface area contributed by atoms with E-state index in [4.69, 9.17) is 9.72 Å². The molecular formula is C21H22N4O. The topological polar surface area (TPSA) is 59.1 Å². The van der Waals surface area contributed by atoms with Crippen LogP contribution < -0.4 is 15.4 Å². The number of rotatable bonds is 7. The molecule has 0 unspecified atom stereocenters. The Labute approximate surface area is 153 Å². The van der Waals surface area contributed by atoms with Gasteiger partial charge in [-0.3, -0.25) is 0 Å². The van der Waals surface area contributed by atoms with Gasteiger partial charge in [0.1, 0.15) is 11.6 Å². The first-order chi connectivity index (χ1) is 12.8. The minimum absolute atomic E-state index is 0.538. The molecule has 1 aliphatic rings. The molecule has 1 aliphatic carbocycles. The maximum absolute atomic E-state index is 5.42. The monoisotopic (exact) mass is 346 g/mol. The van der Waals surface area contributed by atoms with Crippen molar-refractivity contribution < 1.29 is 4.74 Å². The number of methoxy groups -OCH3 is 1. The fourth-order valence-electron chi connectivity index (χ4n) is 2.82. The average Bonchev–Trinajstić information content (AvgIpc) is 3.51. The molecule has 3 aromatic rings. The normalized spacial score (nSPS) is 13.3. The SMILES string of the molecule is COc1ccccc1CNc1nc(NC2CC2)cc(-c2ccccc2)n1. The molecule has 0 spiro atoms. The van der Waals surface area contributed by atoms with Gasteiger partial charge in [0.05, 0.1) is 12.8 Å². The van der Waals surface area contributed by atoms with Crippen molar-refractivity contribution in [2.75, 3.05) is 17.7 Å². The van der Waals surface area contributed by atoms with Crippen LogP contribution in [0.3, 0.4) is 0 Å². The molecule has 132 valence electrons. The molecule has 0 saturated heterocycles. The Balaban J connectivity index is 1.59. The van der Waals surface area contributed by atoms with Gasteiger partial charge >= 0.3 is 0 Å². The average molecular weight is 346 g/mol. The Bertz CT molecular complexity index is 878. The van der Waals surface area contributed by atoms with Gasteiger partial charge in [0.2, 0.25) is 5.95 Å². The van der Waals surface area contributed by atoms with Crippen LogP contribution in [0.1, 0.15) is 18.4 Å². The van der Waals surface area contributed by atoms with E-state index in [1.807, 2.05) is 48.5 Å². The summed E-state index contributed by atoms with van der Waals surface area (Å²) in [4.78, 5) is 9.33. The van der Waals surface area contributed by atoms with Gasteiger partial charge in [-0.05, 0) is 18.9 Å². The summed E-state index contributed by atoms with van der Waals surface area (Å²) in [5.41, 5.74) is 3.06. The van der Waals surface area contributed by atoms with E-state index in [2.05, 4.69) is 27.8 Å². The maximum atomic E-state index is 5.42. The second-order valence-electron chi connectivity index (χ2n) is 6.41. The summed E-state index contributed by atoms with van der Waals surface area (Å²) in [6, 6.07) is 20.7. The standard InChI is InChI=1S/C21H22N4O/c1-26-19-10-6-5-9-16(19)14-22-21-24-18(15-7-3-2-4-8-15)13-20(25-21)23-17-11-12-17/h2-10,13,17H,11-12,14H2,1H3,(H2,22,23,24,25). The highest BCUT2D eigenvalue weighted by atomic mass is 16.5. The van der Waals surface area contributed by atoms with Crippen LogP contribution in [0.2, 0.25) is 0 Å². The molecule has 0 radical (unpaired) electrons. The molecule has 0 bridgehead atoms. The Kier molecular flexibility index (Phi) is 4.69. The van der Waals surface area contributed by atoms with E-state index in [-0.39, 0.29) is 0 Å². The van der Waals surface area contributed by atoms with E-state index in [1.54, 1.807) is 7.11 Å². The summed E-state index contributed by atoms with van der Waals surface area (Å²) in [6.07, 6.45) is 2.41. The molecule has 0 aliphatic heterocycles. The first-order valence-electron chi connectivity index (χ1n) is 8.88. The van der Waals surface area contributed by atoms with Gasteiger partial charge in [-0.2, -0.15) is 4.98 Å². The molecule has 2 N–H and O–H groups in total. The van der Waals surface area contributed by atoms with Crippen molar-refractivity contribution in [3.05, 3.63) is 66.2 Å². The Morgan fingerprint density at radius 2 is 1.77 bits per heavy atom. The smallest absolute Gasteiger partial charge is 0.225 e. The van der Waals surface area contributed by atoms with Crippen molar-refractivity contribution in [1.82, 2.24) is 9.97 Å². The lowest BCUT2D eigenvalue weighted by atomic mass is 10.1. The van der Waals surface area contributed by atoms with Gasteiger partial charge < -0.3 is 15.4 Å². The third-order valence-corrected chi connectivity index (χ3v) is 4.35. The zero-order valence-electron chi connectivity index (χ0n) is 14.8. The molecule has 1 heterocycles. The van der Waals surface area contributed by atoms with Crippen LogP contribution in [-0.4, -0.2) is 23.1 Å². The van der Waals surface area contributed by atoms with Crippen LogP contribution in [0.4, 0.5) is 11.8 Å². The van der Waals surface area contributed by atoms with Gasteiger partial charge in [0.15, 0.2) is 0 Å². The fraction of sp³-hybridized carbons (Fsp3) is 0.238. The van der Waals surface area contributed by atoms with E-state index >= 15 is 0 Å². The first kappa shape index (κ1) is 16.4. The Morgan fingerprint density at radius 1 is 1.00 bits per heavy atom. The molecule has 2 aromatic carbocycles. The van der Waals surface area contributed by atoms with Crippen LogP contribution in [-0.2, 0) is 6.54 Å². The van der Waals surface area contributed by atoms with E-state index in [1.165, 1.54) is 12.8 Å². The highest BCUT2D eigenvalue weighted by Gasteiger charge is 2.22. The van der Waals surface area contributed by atoms with Gasteiger partial charge in [-0.1, -0.05) is 48.5 Å². The number of hydrogen-bond donors (Lipinski definition) is 2. The quantitative estimate of drug-likeness (QED) is 0.666. The maximum Gasteiger partial charge on any atom is 0.225 e. The summed E-state index contributed by atoms with van der Waals surface area (Å²) in [5.74, 6) is 2.33. The fourth-order valence-corrected chi connectivity index (χ4v) is 2.82. The van der Waals surface area contributed by atoms with Crippen molar-refractivity contribution in [2.24, 2.45) is 0 Å². The summed E-state index contributed by atoms with van der Waals surface area (Å²) in [6.45, 7) is 0.602. The molecule has 1 fully saturated rings. The predicted octanol–water partition coefficient (Wildman–Crippen LogP) is 4.34. The third kappa shape index (κ3) is 3.94. The minimum atomic E-state index is 0.538. The Hall–Kier alpha value is -3.08. The van der Waals surface area contributed by atoms with Crippen LogP contribution in [0.5, 0.6) is 5.75 Å². The van der Waals surface area contributed by atoms with Crippen molar-refractivity contribution in [3.8, 4) is 17.0 Å². The zero-order valence-corrected chi connectivity index (χ0v) is 14.8. The summed E-state index contributed by atoms with van der Waals surface area (Å²) in [5, 5.41) is 6.81. The van der Waals surface area contributed by atoms with Crippen LogP contribution >= 0.6 is 0 Å². The molecule has 0 atom stereocenters. The number of ether oxygens (including phenoxy) is 1. The number of nitrogens with zero attached hydrogens (tertiary/aromatic N) is 2. The number of para-hydroxylation sites is 1. The number of hydrogen-bond acceptors (Lipinski definition) is 5. The summed E-state index contributed by atoms with van der Waals surface area (Å²) >= 11 is 0. The van der Waals surface area contributed by atoms with Gasteiger partial charge in [-0.15, -0.1) is 0 Å². The second kappa shape index (κ2) is 7.44. The predicted molar refractivity (Wildman–Crippen MR) is 104 cm³/mol. The molecule has 26 heavy (non-hydrogen) atoms. The number of anilines is 2. The number of aromatic nitrogens is 2. The van der Waals surface area contributed by atoms with Crippen LogP contribution in [0.15, 0.2) is 60.7 Å². The second-order valence-corrected chi connectivity index (χ2v) is 6.41. The number of nitrogens with one attached hydrogen (secondary N) is 2. The van der Waals surface area contributed by atoms with Crippen LogP contribution in [0, 0.1) is 0 Å². The first-order valence-corrected chi connectivity index (χ1v) is 8.88. The highest BCUT2D eigenvalue weighted by Crippen LogP contribution is 2.27. The molecule has 0 amide bonds. The zero-order chi connectivity index (χ0) is 17.8. The molecule has 1 saturated carbocycles. The Morgan fingerprint density at radius 3 is 2.54 bits per heavy atom. The van der Waals surface area contributed by atoms with Crippen molar-refractivity contribution in [3.63, 3.8) is 0 Å². The highest BCUT2D eigenvalue weighted by molar-refractivity contribution is 5.64. The largest absolute Gasteiger partial charge is 0.496 e. The summed E-state index contributed by atoms with van der Waals surface area (Å²) in [7, 11) is 1.68. The lowest BCUT2D eigenvalue weighted by Crippen LogP contribution is -2.09. The van der Waals surface area contributed by atoms with E-state index in [0.29, 0.717) is 18.5 Å². The molecule has 5 nitrogen and oxygen atoms in total. The lowest BCUT2D eigenvalue weighted by Gasteiger charge is -2.12. The van der Waals surface area contributed by atoms with Gasteiger partial charge in [0.25, 0.3) is 0 Å². The van der Waals surface area contributed by atoms with Crippen molar-refractivity contribution >= 4 is 11.8 Å². The molecule has 4 rings (SSSR count). The van der Waals surface area contributed by atoms with Crippen molar-refractivity contribution in [1.29, 1.82) is 0 Å². The van der Waals surface area contributed by atoms with Crippen LogP contribution in [0.25, 0.3) is 11.3 Å². The van der Waals surface area contributed by atoms with Crippen molar-refractivity contribution in [2.45, 2.75) is 25.4 Å². The minimum Gasteiger partial charge on any atom is -0.496 e. The van der Waals surface area contributed by atoms with E-state index < -0.39 is 0 Å².